The minimum Gasteiger partial charge on any atom is -0.485 e. The van der Waals surface area contributed by atoms with Gasteiger partial charge in [-0.2, -0.15) is 0 Å². The largest absolute Gasteiger partial charge is 0.485 e. The van der Waals surface area contributed by atoms with Crippen molar-refractivity contribution in [2.45, 2.75) is 6.43 Å². The zero-order valence-electron chi connectivity index (χ0n) is 9.53. The lowest BCUT2D eigenvalue weighted by atomic mass is 10.3. The summed E-state index contributed by atoms with van der Waals surface area (Å²) < 4.78 is 28.9. The van der Waals surface area contributed by atoms with E-state index in [4.69, 9.17) is 9.84 Å². The molecule has 7 heteroatoms. The zero-order valence-corrected chi connectivity index (χ0v) is 9.53. The summed E-state index contributed by atoms with van der Waals surface area (Å²) in [5.74, 6) is 0.164. The normalized spacial score (nSPS) is 10.2. The Morgan fingerprint density at radius 3 is 2.78 bits per heavy atom. The third-order valence-corrected chi connectivity index (χ3v) is 1.90. The zero-order chi connectivity index (χ0) is 13.4. The van der Waals surface area contributed by atoms with Crippen LogP contribution in [0, 0.1) is 0 Å². The average Bonchev–Trinajstić information content (AvgIpc) is 2.35. The molecule has 1 aromatic carbocycles. The van der Waals surface area contributed by atoms with Gasteiger partial charge in [0, 0.05) is 6.54 Å². The fraction of sp³-hybridized carbons (Fsp3) is 0.364. The van der Waals surface area contributed by atoms with Gasteiger partial charge < -0.3 is 20.5 Å². The van der Waals surface area contributed by atoms with Gasteiger partial charge in [0.05, 0.1) is 12.3 Å². The molecule has 1 aromatic rings. The molecule has 0 bridgehead atoms. The first kappa shape index (κ1) is 14.2. The molecule has 18 heavy (non-hydrogen) atoms. The van der Waals surface area contributed by atoms with Crippen molar-refractivity contribution in [2.75, 3.05) is 25.1 Å². The van der Waals surface area contributed by atoms with Crippen LogP contribution in [0.15, 0.2) is 24.3 Å². The Bertz CT molecular complexity index is 388. The number of benzene rings is 1. The number of para-hydroxylation sites is 2. The number of alkyl halides is 2. The van der Waals surface area contributed by atoms with Crippen molar-refractivity contribution in [1.82, 2.24) is 5.32 Å². The molecule has 0 unspecified atom stereocenters. The Morgan fingerprint density at radius 2 is 2.11 bits per heavy atom. The van der Waals surface area contributed by atoms with Gasteiger partial charge in [0.2, 0.25) is 0 Å². The van der Waals surface area contributed by atoms with E-state index >= 15 is 0 Å². The van der Waals surface area contributed by atoms with Gasteiger partial charge in [0.15, 0.2) is 0 Å². The summed E-state index contributed by atoms with van der Waals surface area (Å²) in [6, 6.07) is 5.70. The molecule has 5 nitrogen and oxygen atoms in total. The molecule has 100 valence electrons. The van der Waals surface area contributed by atoms with E-state index < -0.39 is 19.1 Å². The molecule has 1 rings (SSSR count). The highest BCUT2D eigenvalue weighted by Crippen LogP contribution is 2.23. The molecule has 0 aliphatic heterocycles. The highest BCUT2D eigenvalue weighted by atomic mass is 19.3. The number of anilines is 1. The SMILES string of the molecule is O=C(NCCO)Nc1ccccc1OCC(F)F. The number of carbonyl (C=O) groups excluding carboxylic acids is 1. The van der Waals surface area contributed by atoms with Crippen LogP contribution in [0.4, 0.5) is 19.3 Å². The van der Waals surface area contributed by atoms with Gasteiger partial charge in [0.25, 0.3) is 6.43 Å². The molecule has 0 heterocycles. The summed E-state index contributed by atoms with van der Waals surface area (Å²) in [6.07, 6.45) is -2.58. The second kappa shape index (κ2) is 7.44. The predicted molar refractivity (Wildman–Crippen MR) is 62.0 cm³/mol. The van der Waals surface area contributed by atoms with E-state index in [9.17, 15) is 13.6 Å². The van der Waals surface area contributed by atoms with Crippen molar-refractivity contribution in [1.29, 1.82) is 0 Å². The monoisotopic (exact) mass is 260 g/mol. The van der Waals surface area contributed by atoms with Crippen molar-refractivity contribution in [3.05, 3.63) is 24.3 Å². The molecule has 0 saturated heterocycles. The van der Waals surface area contributed by atoms with Gasteiger partial charge in [-0.1, -0.05) is 12.1 Å². The molecular formula is C11H14F2N2O3. The highest BCUT2D eigenvalue weighted by molar-refractivity contribution is 5.90. The van der Waals surface area contributed by atoms with E-state index in [0.717, 1.165) is 0 Å². The quantitative estimate of drug-likeness (QED) is 0.725. The molecular weight excluding hydrogens is 246 g/mol. The van der Waals surface area contributed by atoms with Crippen molar-refractivity contribution < 1.29 is 23.4 Å². The van der Waals surface area contributed by atoms with Gasteiger partial charge in [-0.05, 0) is 12.1 Å². The number of amides is 2. The van der Waals surface area contributed by atoms with Crippen LogP contribution < -0.4 is 15.4 Å². The number of hydrogen-bond acceptors (Lipinski definition) is 3. The molecule has 0 aromatic heterocycles. The Morgan fingerprint density at radius 1 is 1.39 bits per heavy atom. The van der Waals surface area contributed by atoms with Crippen molar-refractivity contribution in [3.8, 4) is 5.75 Å². The minimum absolute atomic E-state index is 0.103. The number of aliphatic hydroxyl groups excluding tert-OH is 1. The van der Waals surface area contributed by atoms with Crippen molar-refractivity contribution >= 4 is 11.7 Å². The summed E-state index contributed by atoms with van der Waals surface area (Å²) in [5, 5.41) is 13.3. The summed E-state index contributed by atoms with van der Waals surface area (Å²) in [7, 11) is 0. The fourth-order valence-corrected chi connectivity index (χ4v) is 1.18. The molecule has 3 N–H and O–H groups in total. The van der Waals surface area contributed by atoms with Crippen LogP contribution in [0.25, 0.3) is 0 Å². The van der Waals surface area contributed by atoms with Crippen LogP contribution in [0.5, 0.6) is 5.75 Å². The Labute approximate surface area is 103 Å². The standard InChI is InChI=1S/C11H14F2N2O3/c12-10(13)7-18-9-4-2-1-3-8(9)15-11(17)14-5-6-16/h1-4,10,16H,5-7H2,(H2,14,15,17). The number of halogens is 2. The van der Waals surface area contributed by atoms with Gasteiger partial charge in [-0.15, -0.1) is 0 Å². The van der Waals surface area contributed by atoms with E-state index in [1.165, 1.54) is 12.1 Å². The van der Waals surface area contributed by atoms with Crippen LogP contribution >= 0.6 is 0 Å². The minimum atomic E-state index is -2.58. The maximum atomic E-state index is 12.0. The maximum absolute atomic E-state index is 12.0. The number of ether oxygens (including phenoxy) is 1. The molecule has 2 amide bonds. The van der Waals surface area contributed by atoms with E-state index in [-0.39, 0.29) is 24.6 Å². The summed E-state index contributed by atoms with van der Waals surface area (Å²) in [4.78, 5) is 11.3. The molecule has 0 saturated carbocycles. The van der Waals surface area contributed by atoms with E-state index in [1.54, 1.807) is 12.1 Å². The van der Waals surface area contributed by atoms with Crippen molar-refractivity contribution in [2.24, 2.45) is 0 Å². The number of aliphatic hydroxyl groups is 1. The number of hydrogen-bond donors (Lipinski definition) is 3. The first-order valence-corrected chi connectivity index (χ1v) is 5.29. The summed E-state index contributed by atoms with van der Waals surface area (Å²) >= 11 is 0. The summed E-state index contributed by atoms with van der Waals surface area (Å²) in [6.45, 7) is -0.820. The molecule has 0 fully saturated rings. The molecule has 0 spiro atoms. The lowest BCUT2D eigenvalue weighted by molar-refractivity contribution is 0.0823. The third kappa shape index (κ3) is 4.96. The first-order chi connectivity index (χ1) is 8.63. The van der Waals surface area contributed by atoms with E-state index in [0.29, 0.717) is 0 Å². The Balaban J connectivity index is 2.61. The Hall–Kier alpha value is -1.89. The van der Waals surface area contributed by atoms with Gasteiger partial charge in [-0.3, -0.25) is 0 Å². The number of urea groups is 1. The molecule has 0 aliphatic carbocycles. The second-order valence-electron chi connectivity index (χ2n) is 3.30. The predicted octanol–water partition coefficient (Wildman–Crippen LogP) is 1.44. The average molecular weight is 260 g/mol. The van der Waals surface area contributed by atoms with Crippen molar-refractivity contribution in [3.63, 3.8) is 0 Å². The molecule has 0 aliphatic rings. The number of nitrogens with one attached hydrogen (secondary N) is 2. The molecule has 0 atom stereocenters. The van der Waals surface area contributed by atoms with Crippen LogP contribution in [-0.2, 0) is 0 Å². The lowest BCUT2D eigenvalue weighted by Crippen LogP contribution is -2.31. The first-order valence-electron chi connectivity index (χ1n) is 5.29. The smallest absolute Gasteiger partial charge is 0.319 e. The highest BCUT2D eigenvalue weighted by Gasteiger charge is 2.09. The Kier molecular flexibility index (Phi) is 5.86. The lowest BCUT2D eigenvalue weighted by Gasteiger charge is -2.12. The fourth-order valence-electron chi connectivity index (χ4n) is 1.18. The van der Waals surface area contributed by atoms with Gasteiger partial charge >= 0.3 is 6.03 Å². The number of rotatable bonds is 6. The topological polar surface area (TPSA) is 70.6 Å². The van der Waals surface area contributed by atoms with E-state index in [1.807, 2.05) is 0 Å². The van der Waals surface area contributed by atoms with E-state index in [2.05, 4.69) is 10.6 Å². The van der Waals surface area contributed by atoms with Gasteiger partial charge in [-0.25, -0.2) is 13.6 Å². The molecule has 0 radical (unpaired) electrons. The maximum Gasteiger partial charge on any atom is 0.319 e. The van der Waals surface area contributed by atoms with Gasteiger partial charge in [0.1, 0.15) is 12.4 Å². The van der Waals surface area contributed by atoms with Crippen LogP contribution in [0.2, 0.25) is 0 Å². The summed E-state index contributed by atoms with van der Waals surface area (Å²) in [5.41, 5.74) is 0.286. The van der Waals surface area contributed by atoms with Crippen LogP contribution in [-0.4, -0.2) is 37.3 Å². The third-order valence-electron chi connectivity index (χ3n) is 1.90. The van der Waals surface area contributed by atoms with Crippen LogP contribution in [0.1, 0.15) is 0 Å². The van der Waals surface area contributed by atoms with Crippen LogP contribution in [0.3, 0.4) is 0 Å². The number of carbonyl (C=O) groups is 1. The second-order valence-corrected chi connectivity index (χ2v) is 3.30.